The zero-order valence-corrected chi connectivity index (χ0v) is 17.6. The summed E-state index contributed by atoms with van der Waals surface area (Å²) < 4.78 is 1.71. The van der Waals surface area contributed by atoms with Crippen LogP contribution in [0.3, 0.4) is 0 Å². The first-order valence-corrected chi connectivity index (χ1v) is 10.5. The minimum Gasteiger partial charge on any atom is -0.480 e. The number of amides is 1. The molecule has 0 spiro atoms. The highest BCUT2D eigenvalue weighted by Crippen LogP contribution is 2.24. The second-order valence-electron chi connectivity index (χ2n) is 7.21. The van der Waals surface area contributed by atoms with Crippen molar-refractivity contribution in [2.75, 3.05) is 5.32 Å². The average molecular weight is 436 g/mol. The van der Waals surface area contributed by atoms with Crippen molar-refractivity contribution in [2.45, 2.75) is 19.9 Å². The number of hydrogen-bond donors (Lipinski definition) is 3. The Morgan fingerprint density at radius 1 is 1.13 bits per heavy atom. The smallest absolute Gasteiger partial charge is 0.326 e. The number of carbonyl (C=O) groups excluding carboxylic acids is 1. The molecular formula is C21H20N6O3S. The molecule has 0 fully saturated rings. The standard InChI is InChI=1S/C21H20N6O3S/c1-12(2)16(20(29)30)24-19(28)15-4-3-10-27-17(25-26-18(15)27)13-5-7-14(8-6-13)23-21-22-9-11-31-21/h3-12,16H,1-2H3,(H,22,23)(H,24,28)(H,29,30). The SMILES string of the molecule is CC(C)C(NC(=O)c1cccn2c(-c3ccc(Nc4nccs4)cc3)nnc12)C(=O)O. The molecule has 9 nitrogen and oxygen atoms in total. The number of aliphatic carboxylic acids is 1. The Kier molecular flexibility index (Phi) is 5.63. The van der Waals surface area contributed by atoms with Crippen LogP contribution >= 0.6 is 11.3 Å². The van der Waals surface area contributed by atoms with Gasteiger partial charge in [-0.25, -0.2) is 9.78 Å². The number of rotatable bonds is 7. The van der Waals surface area contributed by atoms with Crippen molar-refractivity contribution in [1.82, 2.24) is 24.9 Å². The van der Waals surface area contributed by atoms with Gasteiger partial charge in [-0.3, -0.25) is 9.20 Å². The molecule has 1 atom stereocenters. The van der Waals surface area contributed by atoms with Gasteiger partial charge >= 0.3 is 5.97 Å². The summed E-state index contributed by atoms with van der Waals surface area (Å²) in [7, 11) is 0. The summed E-state index contributed by atoms with van der Waals surface area (Å²) >= 11 is 1.51. The minimum absolute atomic E-state index is 0.258. The molecule has 0 saturated carbocycles. The fourth-order valence-corrected chi connectivity index (χ4v) is 3.68. The maximum atomic E-state index is 12.8. The molecule has 10 heteroatoms. The van der Waals surface area contributed by atoms with Crippen molar-refractivity contribution in [3.63, 3.8) is 0 Å². The average Bonchev–Trinajstić information content (AvgIpc) is 3.41. The lowest BCUT2D eigenvalue weighted by Crippen LogP contribution is -2.44. The van der Waals surface area contributed by atoms with Gasteiger partial charge in [0.05, 0.1) is 5.56 Å². The molecule has 0 bridgehead atoms. The summed E-state index contributed by atoms with van der Waals surface area (Å²) in [6.45, 7) is 3.48. The van der Waals surface area contributed by atoms with Gasteiger partial charge in [0.15, 0.2) is 16.6 Å². The van der Waals surface area contributed by atoms with Crippen LogP contribution in [0.2, 0.25) is 0 Å². The molecule has 0 radical (unpaired) electrons. The van der Waals surface area contributed by atoms with Crippen LogP contribution in [0.5, 0.6) is 0 Å². The summed E-state index contributed by atoms with van der Waals surface area (Å²) in [5, 5.41) is 26.3. The zero-order chi connectivity index (χ0) is 22.0. The number of thiazole rings is 1. The highest BCUT2D eigenvalue weighted by Gasteiger charge is 2.25. The predicted octanol–water partition coefficient (Wildman–Crippen LogP) is 3.44. The normalized spacial score (nSPS) is 12.1. The molecule has 1 aromatic carbocycles. The summed E-state index contributed by atoms with van der Waals surface area (Å²) in [4.78, 5) is 28.4. The Bertz CT molecular complexity index is 1220. The van der Waals surface area contributed by atoms with Gasteiger partial charge < -0.3 is 15.7 Å². The molecular weight excluding hydrogens is 416 g/mol. The van der Waals surface area contributed by atoms with E-state index in [0.717, 1.165) is 16.4 Å². The van der Waals surface area contributed by atoms with Gasteiger partial charge in [0.1, 0.15) is 6.04 Å². The van der Waals surface area contributed by atoms with E-state index in [1.807, 2.05) is 29.6 Å². The van der Waals surface area contributed by atoms with Crippen molar-refractivity contribution in [2.24, 2.45) is 5.92 Å². The van der Waals surface area contributed by atoms with Crippen LogP contribution in [0.15, 0.2) is 54.2 Å². The van der Waals surface area contributed by atoms with Crippen molar-refractivity contribution >= 4 is 39.7 Å². The van der Waals surface area contributed by atoms with E-state index < -0.39 is 17.9 Å². The van der Waals surface area contributed by atoms with Crippen molar-refractivity contribution < 1.29 is 14.7 Å². The Balaban J connectivity index is 1.61. The molecule has 3 N–H and O–H groups in total. The molecule has 4 aromatic rings. The number of carboxylic acids is 1. The van der Waals surface area contributed by atoms with E-state index in [1.165, 1.54) is 11.3 Å². The van der Waals surface area contributed by atoms with Gasteiger partial charge in [-0.05, 0) is 42.3 Å². The number of carbonyl (C=O) groups is 2. The fourth-order valence-electron chi connectivity index (χ4n) is 3.13. The van der Waals surface area contributed by atoms with E-state index in [1.54, 1.807) is 42.8 Å². The summed E-state index contributed by atoms with van der Waals surface area (Å²) in [6.07, 6.45) is 3.50. The third-order valence-corrected chi connectivity index (χ3v) is 5.41. The van der Waals surface area contributed by atoms with Crippen molar-refractivity contribution in [3.8, 4) is 11.4 Å². The molecule has 31 heavy (non-hydrogen) atoms. The van der Waals surface area contributed by atoms with Gasteiger partial charge in [0.25, 0.3) is 5.91 Å². The maximum Gasteiger partial charge on any atom is 0.326 e. The zero-order valence-electron chi connectivity index (χ0n) is 16.8. The highest BCUT2D eigenvalue weighted by atomic mass is 32.1. The number of nitrogens with one attached hydrogen (secondary N) is 2. The first-order valence-electron chi connectivity index (χ1n) is 9.58. The number of carboxylic acid groups (broad SMARTS) is 1. The molecule has 0 saturated heterocycles. The summed E-state index contributed by atoms with van der Waals surface area (Å²) in [5.74, 6) is -1.27. The van der Waals surface area contributed by atoms with E-state index in [9.17, 15) is 14.7 Å². The molecule has 1 unspecified atom stereocenters. The Morgan fingerprint density at radius 2 is 1.90 bits per heavy atom. The lowest BCUT2D eigenvalue weighted by molar-refractivity contribution is -0.140. The Morgan fingerprint density at radius 3 is 2.55 bits per heavy atom. The summed E-state index contributed by atoms with van der Waals surface area (Å²) in [5.41, 5.74) is 2.32. The molecule has 0 aliphatic heterocycles. The van der Waals surface area contributed by atoms with Gasteiger partial charge in [0.2, 0.25) is 0 Å². The van der Waals surface area contributed by atoms with Crippen molar-refractivity contribution in [1.29, 1.82) is 0 Å². The van der Waals surface area contributed by atoms with Crippen LogP contribution in [-0.4, -0.2) is 42.6 Å². The largest absolute Gasteiger partial charge is 0.480 e. The first kappa shape index (κ1) is 20.5. The van der Waals surface area contributed by atoms with Crippen LogP contribution in [0.4, 0.5) is 10.8 Å². The third kappa shape index (κ3) is 4.24. The predicted molar refractivity (Wildman–Crippen MR) is 118 cm³/mol. The third-order valence-electron chi connectivity index (χ3n) is 4.73. The van der Waals surface area contributed by atoms with Gasteiger partial charge in [-0.15, -0.1) is 21.5 Å². The summed E-state index contributed by atoms with van der Waals surface area (Å²) in [6, 6.07) is 9.94. The number of pyridine rings is 1. The van der Waals surface area contributed by atoms with Gasteiger partial charge in [-0.2, -0.15) is 0 Å². The van der Waals surface area contributed by atoms with E-state index in [2.05, 4.69) is 25.8 Å². The van der Waals surface area contributed by atoms with Crippen LogP contribution in [0.25, 0.3) is 17.0 Å². The second-order valence-corrected chi connectivity index (χ2v) is 8.11. The van der Waals surface area contributed by atoms with Crippen molar-refractivity contribution in [3.05, 3.63) is 59.7 Å². The van der Waals surface area contributed by atoms with E-state index in [-0.39, 0.29) is 11.5 Å². The number of anilines is 2. The fraction of sp³-hybridized carbons (Fsp3) is 0.190. The number of nitrogens with zero attached hydrogens (tertiary/aromatic N) is 4. The second kappa shape index (κ2) is 8.52. The number of fused-ring (bicyclic) bond motifs is 1. The number of hydrogen-bond acceptors (Lipinski definition) is 7. The van der Waals surface area contributed by atoms with Gasteiger partial charge in [-0.1, -0.05) is 13.8 Å². The molecule has 3 aromatic heterocycles. The van der Waals surface area contributed by atoms with Crippen LogP contribution in [0, 0.1) is 5.92 Å². The topological polar surface area (TPSA) is 122 Å². The quantitative estimate of drug-likeness (QED) is 0.406. The maximum absolute atomic E-state index is 12.8. The van der Waals surface area contributed by atoms with Crippen LogP contribution in [0.1, 0.15) is 24.2 Å². The first-order chi connectivity index (χ1) is 14.9. The number of benzene rings is 1. The molecule has 4 rings (SSSR count). The molecule has 1 amide bonds. The van der Waals surface area contributed by atoms with Crippen LogP contribution in [-0.2, 0) is 4.79 Å². The van der Waals surface area contributed by atoms with E-state index in [4.69, 9.17) is 0 Å². The Labute approximate surface area is 181 Å². The highest BCUT2D eigenvalue weighted by molar-refractivity contribution is 7.13. The molecule has 3 heterocycles. The molecule has 0 aliphatic carbocycles. The molecule has 0 aliphatic rings. The van der Waals surface area contributed by atoms with E-state index >= 15 is 0 Å². The van der Waals surface area contributed by atoms with E-state index in [0.29, 0.717) is 11.5 Å². The Hall–Kier alpha value is -3.79. The monoisotopic (exact) mass is 436 g/mol. The van der Waals surface area contributed by atoms with Gasteiger partial charge in [0, 0.05) is 29.0 Å². The number of aromatic nitrogens is 4. The van der Waals surface area contributed by atoms with Crippen LogP contribution < -0.4 is 10.6 Å². The minimum atomic E-state index is -1.08. The molecule has 158 valence electrons. The lowest BCUT2D eigenvalue weighted by Gasteiger charge is -2.17. The lowest BCUT2D eigenvalue weighted by atomic mass is 10.0.